The van der Waals surface area contributed by atoms with Gasteiger partial charge in [-0.3, -0.25) is 0 Å². The van der Waals surface area contributed by atoms with Crippen LogP contribution < -0.4 is 19.9 Å². The number of aromatic nitrogens is 5. The van der Waals surface area contributed by atoms with Crippen molar-refractivity contribution < 1.29 is 14.2 Å². The fourth-order valence-electron chi connectivity index (χ4n) is 2.36. The van der Waals surface area contributed by atoms with Crippen molar-refractivity contribution in [3.63, 3.8) is 0 Å². The van der Waals surface area contributed by atoms with Gasteiger partial charge in [0.25, 0.3) is 5.88 Å². The van der Waals surface area contributed by atoms with Gasteiger partial charge in [0, 0.05) is 0 Å². The molecule has 0 bridgehead atoms. The molecule has 132 valence electrons. The molecule has 0 unspecified atom stereocenters. The van der Waals surface area contributed by atoms with Gasteiger partial charge in [0.05, 0.1) is 44.4 Å². The average molecular weight is 430 g/mol. The van der Waals surface area contributed by atoms with E-state index in [1.807, 2.05) is 0 Å². The number of hydrogen-bond acceptors (Lipinski definition) is 8. The first-order valence-corrected chi connectivity index (χ1v) is 8.15. The maximum Gasteiger partial charge on any atom is 0.261 e. The summed E-state index contributed by atoms with van der Waals surface area (Å²) < 4.78 is 18.4. The summed E-state index contributed by atoms with van der Waals surface area (Å²) in [5.41, 5.74) is 7.26. The average Bonchev–Trinajstić information content (AvgIpc) is 2.99. The van der Waals surface area contributed by atoms with E-state index in [1.165, 1.54) is 21.3 Å². The molecule has 0 radical (unpaired) electrons. The van der Waals surface area contributed by atoms with Crippen LogP contribution in [0.2, 0.25) is 5.15 Å². The van der Waals surface area contributed by atoms with Crippen LogP contribution in [0.3, 0.4) is 0 Å². The van der Waals surface area contributed by atoms with Crippen LogP contribution in [0, 0.1) is 0 Å². The number of pyridine rings is 1. The molecule has 11 heteroatoms. The Morgan fingerprint density at radius 1 is 1.12 bits per heavy atom. The summed E-state index contributed by atoms with van der Waals surface area (Å²) >= 11 is 9.55. The molecule has 0 spiro atoms. The molecule has 3 heterocycles. The Hall–Kier alpha value is -2.33. The molecule has 3 rings (SSSR count). The fourth-order valence-corrected chi connectivity index (χ4v) is 3.13. The van der Waals surface area contributed by atoms with Crippen LogP contribution in [0.15, 0.2) is 10.8 Å². The van der Waals surface area contributed by atoms with Gasteiger partial charge >= 0.3 is 0 Å². The largest absolute Gasteiger partial charge is 0.492 e. The number of nitrogens with zero attached hydrogens (tertiary/aromatic N) is 5. The Bertz CT molecular complexity index is 948. The number of halogens is 2. The number of nitrogen functional groups attached to an aromatic ring is 1. The van der Waals surface area contributed by atoms with E-state index in [1.54, 1.807) is 10.9 Å². The van der Waals surface area contributed by atoms with E-state index in [4.69, 9.17) is 31.5 Å². The number of anilines is 1. The molecular formula is C14H14BrClN6O3. The van der Waals surface area contributed by atoms with E-state index in [2.05, 4.69) is 35.9 Å². The molecule has 9 nitrogen and oxygen atoms in total. The van der Waals surface area contributed by atoms with E-state index in [0.29, 0.717) is 45.3 Å². The number of methoxy groups -OCH3 is 3. The lowest BCUT2D eigenvalue weighted by Gasteiger charge is -2.16. The molecule has 3 aromatic heterocycles. The normalized spacial score (nSPS) is 10.9. The second kappa shape index (κ2) is 6.89. The zero-order valence-corrected chi connectivity index (χ0v) is 15.9. The van der Waals surface area contributed by atoms with Crippen molar-refractivity contribution in [2.75, 3.05) is 27.1 Å². The molecular weight excluding hydrogens is 416 g/mol. The lowest BCUT2D eigenvalue weighted by Crippen LogP contribution is -2.07. The van der Waals surface area contributed by atoms with Gasteiger partial charge in [-0.1, -0.05) is 11.6 Å². The number of imidazole rings is 1. The van der Waals surface area contributed by atoms with Gasteiger partial charge < -0.3 is 24.5 Å². The molecule has 0 aliphatic carbocycles. The van der Waals surface area contributed by atoms with Crippen LogP contribution in [0.25, 0.3) is 11.2 Å². The molecule has 0 aliphatic rings. The van der Waals surface area contributed by atoms with E-state index in [0.717, 1.165) is 0 Å². The highest BCUT2D eigenvalue weighted by molar-refractivity contribution is 9.10. The van der Waals surface area contributed by atoms with Crippen LogP contribution in [-0.4, -0.2) is 45.8 Å². The highest BCUT2D eigenvalue weighted by Gasteiger charge is 2.22. The zero-order valence-electron chi connectivity index (χ0n) is 13.6. The molecule has 0 aliphatic heterocycles. The molecule has 0 saturated heterocycles. The van der Waals surface area contributed by atoms with Crippen molar-refractivity contribution in [2.24, 2.45) is 0 Å². The Balaban J connectivity index is 2.12. The third-order valence-corrected chi connectivity index (χ3v) is 4.53. The monoisotopic (exact) mass is 428 g/mol. The van der Waals surface area contributed by atoms with Crippen LogP contribution in [-0.2, 0) is 6.54 Å². The number of ether oxygens (including phenoxy) is 3. The maximum absolute atomic E-state index is 6.06. The molecule has 0 fully saturated rings. The van der Waals surface area contributed by atoms with Crippen molar-refractivity contribution >= 4 is 44.6 Å². The van der Waals surface area contributed by atoms with Crippen molar-refractivity contribution in [1.29, 1.82) is 0 Å². The number of hydrogen-bond donors (Lipinski definition) is 1. The summed E-state index contributed by atoms with van der Waals surface area (Å²) in [5, 5.41) is 0.193. The third kappa shape index (κ3) is 3.02. The number of rotatable bonds is 5. The van der Waals surface area contributed by atoms with Gasteiger partial charge in [-0.2, -0.15) is 9.97 Å². The van der Waals surface area contributed by atoms with Gasteiger partial charge in [0.1, 0.15) is 5.52 Å². The van der Waals surface area contributed by atoms with Gasteiger partial charge in [0.2, 0.25) is 11.7 Å². The van der Waals surface area contributed by atoms with Crippen LogP contribution >= 0.6 is 27.5 Å². The SMILES string of the molecule is COc1nc(Cn2cnc3c(Cl)nc(N)nc32)c(Br)c(OC)c1OC. The van der Waals surface area contributed by atoms with Crippen LogP contribution in [0.1, 0.15) is 5.69 Å². The molecule has 0 amide bonds. The standard InChI is InChI=1S/C14H14BrClN6O3/c1-23-9-7(15)6(19-13(25-3)10(9)24-2)4-22-5-18-8-11(16)20-14(17)21-12(8)22/h5H,4H2,1-3H3,(H2,17,20,21). The predicted octanol–water partition coefficient (Wildman–Crippen LogP) is 2.29. The van der Waals surface area contributed by atoms with Gasteiger partial charge in [-0.15, -0.1) is 0 Å². The topological polar surface area (TPSA) is 110 Å². The Morgan fingerprint density at radius 2 is 1.84 bits per heavy atom. The number of fused-ring (bicyclic) bond motifs is 1. The summed E-state index contributed by atoms with van der Waals surface area (Å²) in [4.78, 5) is 16.8. The van der Waals surface area contributed by atoms with Gasteiger partial charge in [-0.25, -0.2) is 9.97 Å². The smallest absolute Gasteiger partial charge is 0.261 e. The zero-order chi connectivity index (χ0) is 18.1. The Morgan fingerprint density at radius 3 is 2.48 bits per heavy atom. The minimum Gasteiger partial charge on any atom is -0.492 e. The first kappa shape index (κ1) is 17.5. The highest BCUT2D eigenvalue weighted by atomic mass is 79.9. The third-order valence-electron chi connectivity index (χ3n) is 3.45. The first-order chi connectivity index (χ1) is 12.0. The molecule has 0 saturated carbocycles. The van der Waals surface area contributed by atoms with Gasteiger partial charge in [0.15, 0.2) is 16.5 Å². The molecule has 2 N–H and O–H groups in total. The van der Waals surface area contributed by atoms with Crippen molar-refractivity contribution in [1.82, 2.24) is 24.5 Å². The summed E-state index contributed by atoms with van der Waals surface area (Å²) in [7, 11) is 4.55. The quantitative estimate of drug-likeness (QED) is 0.615. The van der Waals surface area contributed by atoms with E-state index in [9.17, 15) is 0 Å². The molecule has 3 aromatic rings. The van der Waals surface area contributed by atoms with Gasteiger partial charge in [-0.05, 0) is 15.9 Å². The van der Waals surface area contributed by atoms with Crippen LogP contribution in [0.4, 0.5) is 5.95 Å². The predicted molar refractivity (Wildman–Crippen MR) is 95.4 cm³/mol. The lowest BCUT2D eigenvalue weighted by molar-refractivity contribution is 0.313. The van der Waals surface area contributed by atoms with Crippen molar-refractivity contribution in [2.45, 2.75) is 6.54 Å². The maximum atomic E-state index is 6.06. The highest BCUT2D eigenvalue weighted by Crippen LogP contribution is 2.43. The fraction of sp³-hybridized carbons (Fsp3) is 0.286. The Labute approximate surface area is 156 Å². The molecule has 0 aromatic carbocycles. The second-order valence-corrected chi connectivity index (χ2v) is 6.02. The number of nitrogens with two attached hydrogens (primary N) is 1. The Kier molecular flexibility index (Phi) is 4.82. The van der Waals surface area contributed by atoms with Crippen molar-refractivity contribution in [3.05, 3.63) is 21.6 Å². The summed E-state index contributed by atoms with van der Waals surface area (Å²) in [6, 6.07) is 0. The second-order valence-electron chi connectivity index (χ2n) is 4.87. The summed E-state index contributed by atoms with van der Waals surface area (Å²) in [6.45, 7) is 0.320. The molecule has 0 atom stereocenters. The minimum atomic E-state index is 0.0659. The summed E-state index contributed by atoms with van der Waals surface area (Å²) in [5.74, 6) is 1.23. The lowest BCUT2D eigenvalue weighted by atomic mass is 10.3. The van der Waals surface area contributed by atoms with E-state index >= 15 is 0 Å². The molecule has 25 heavy (non-hydrogen) atoms. The van der Waals surface area contributed by atoms with Crippen molar-refractivity contribution in [3.8, 4) is 17.4 Å². The van der Waals surface area contributed by atoms with E-state index in [-0.39, 0.29) is 11.1 Å². The minimum absolute atomic E-state index is 0.0659. The van der Waals surface area contributed by atoms with Crippen LogP contribution in [0.5, 0.6) is 17.4 Å². The summed E-state index contributed by atoms with van der Waals surface area (Å²) in [6.07, 6.45) is 1.59. The van der Waals surface area contributed by atoms with E-state index < -0.39 is 0 Å². The first-order valence-electron chi connectivity index (χ1n) is 6.98.